The summed E-state index contributed by atoms with van der Waals surface area (Å²) in [6.07, 6.45) is 5.18. The van der Waals surface area contributed by atoms with E-state index in [4.69, 9.17) is 9.88 Å². The standard InChI is InChI=1S/C18H20BrN5O3S/c1-18(2)8-27-16-13(7-21-24(16)18)28(20,26)23-17(25)22-15-11-5-3-9(11)14(19)10-4-6-12(10)15/h7H,3-6,8H2,1-2H3,(H3,20,22,23,25,26). The van der Waals surface area contributed by atoms with Crippen molar-refractivity contribution in [2.24, 2.45) is 9.50 Å². The first-order valence-electron chi connectivity index (χ1n) is 9.11. The van der Waals surface area contributed by atoms with Gasteiger partial charge in [-0.3, -0.25) is 0 Å². The number of carbonyl (C=O) groups is 1. The maximum absolute atomic E-state index is 13.0. The van der Waals surface area contributed by atoms with E-state index >= 15 is 0 Å². The molecule has 28 heavy (non-hydrogen) atoms. The second-order valence-electron chi connectivity index (χ2n) is 8.02. The molecule has 148 valence electrons. The number of hydrogen-bond acceptors (Lipinski definition) is 4. The van der Waals surface area contributed by atoms with Crippen molar-refractivity contribution in [3.05, 3.63) is 32.9 Å². The van der Waals surface area contributed by atoms with E-state index in [2.05, 4.69) is 30.7 Å². The molecule has 2 aromatic rings. The molecule has 0 saturated heterocycles. The van der Waals surface area contributed by atoms with Crippen LogP contribution in [0, 0.1) is 0 Å². The average Bonchev–Trinajstić information content (AvgIpc) is 3.05. The fourth-order valence-corrected chi connectivity index (χ4v) is 5.86. The lowest BCUT2D eigenvalue weighted by atomic mass is 9.76. The zero-order valence-electron chi connectivity index (χ0n) is 15.5. The van der Waals surface area contributed by atoms with Crippen LogP contribution in [-0.4, -0.2) is 26.6 Å². The Morgan fingerprint density at radius 1 is 1.29 bits per heavy atom. The Kier molecular flexibility index (Phi) is 3.76. The summed E-state index contributed by atoms with van der Waals surface area (Å²) in [6, 6.07) is -0.713. The van der Waals surface area contributed by atoms with E-state index < -0.39 is 15.9 Å². The van der Waals surface area contributed by atoms with E-state index in [1.54, 1.807) is 4.68 Å². The number of ether oxygens (including phenoxy) is 1. The van der Waals surface area contributed by atoms with Crippen molar-refractivity contribution >= 4 is 37.6 Å². The van der Waals surface area contributed by atoms with Gasteiger partial charge in [-0.15, -0.1) is 4.36 Å². The van der Waals surface area contributed by atoms with Crippen molar-refractivity contribution in [2.75, 3.05) is 11.9 Å². The molecule has 0 bridgehead atoms. The molecule has 2 heterocycles. The summed E-state index contributed by atoms with van der Waals surface area (Å²) in [4.78, 5) is 12.7. The highest BCUT2D eigenvalue weighted by atomic mass is 79.9. The fraction of sp³-hybridized carbons (Fsp3) is 0.444. The maximum Gasteiger partial charge on any atom is 0.354 e. The van der Waals surface area contributed by atoms with Crippen LogP contribution in [0.2, 0.25) is 0 Å². The van der Waals surface area contributed by atoms with Crippen LogP contribution in [0.4, 0.5) is 10.5 Å². The van der Waals surface area contributed by atoms with Crippen molar-refractivity contribution in [1.82, 2.24) is 9.78 Å². The SMILES string of the molecule is CC1(C)COc2c(S(N)(=O)=NC(=O)Nc3c4c(c(Br)c5c3CC5)CC4)cnn21. The number of benzene rings is 1. The summed E-state index contributed by atoms with van der Waals surface area (Å²) in [5.41, 5.74) is 5.20. The second kappa shape index (κ2) is 5.80. The van der Waals surface area contributed by atoms with Gasteiger partial charge in [-0.1, -0.05) is 15.9 Å². The van der Waals surface area contributed by atoms with Gasteiger partial charge >= 0.3 is 6.03 Å². The average molecular weight is 466 g/mol. The van der Waals surface area contributed by atoms with Gasteiger partial charge in [-0.25, -0.2) is 18.8 Å². The minimum Gasteiger partial charge on any atom is -0.474 e. The van der Waals surface area contributed by atoms with Crippen molar-refractivity contribution in [1.29, 1.82) is 0 Å². The number of halogens is 1. The van der Waals surface area contributed by atoms with E-state index in [9.17, 15) is 9.00 Å². The van der Waals surface area contributed by atoms with Gasteiger partial charge in [0.2, 0.25) is 5.88 Å². The van der Waals surface area contributed by atoms with Gasteiger partial charge in [0.1, 0.15) is 11.5 Å². The zero-order chi connectivity index (χ0) is 19.8. The van der Waals surface area contributed by atoms with E-state index in [0.717, 1.165) is 42.5 Å². The summed E-state index contributed by atoms with van der Waals surface area (Å²) in [5.74, 6) is 0.311. The van der Waals surface area contributed by atoms with Gasteiger partial charge in [0.25, 0.3) is 0 Å². The summed E-state index contributed by atoms with van der Waals surface area (Å²) in [6.45, 7) is 4.29. The Bertz CT molecular complexity index is 1140. The molecule has 1 unspecified atom stereocenters. The topological polar surface area (TPSA) is 112 Å². The largest absolute Gasteiger partial charge is 0.474 e. The molecule has 2 aliphatic carbocycles. The molecule has 1 atom stereocenters. The van der Waals surface area contributed by atoms with Gasteiger partial charge in [0.05, 0.1) is 11.7 Å². The molecule has 8 nitrogen and oxygen atoms in total. The minimum atomic E-state index is -3.48. The van der Waals surface area contributed by atoms with Gasteiger partial charge in [-0.05, 0) is 61.8 Å². The Labute approximate surface area is 171 Å². The van der Waals surface area contributed by atoms with Gasteiger partial charge in [-0.2, -0.15) is 5.10 Å². The molecular weight excluding hydrogens is 446 g/mol. The molecule has 10 heteroatoms. The van der Waals surface area contributed by atoms with Gasteiger partial charge in [0.15, 0.2) is 9.92 Å². The lowest BCUT2D eigenvalue weighted by Crippen LogP contribution is -2.26. The number of nitrogens with two attached hydrogens (primary N) is 1. The highest BCUT2D eigenvalue weighted by molar-refractivity contribution is 9.10. The van der Waals surface area contributed by atoms with Gasteiger partial charge in [0, 0.05) is 10.2 Å². The third-order valence-corrected chi connectivity index (χ3v) is 8.01. The number of urea groups is 1. The monoisotopic (exact) mass is 465 g/mol. The zero-order valence-corrected chi connectivity index (χ0v) is 17.9. The van der Waals surface area contributed by atoms with Crippen molar-refractivity contribution in [2.45, 2.75) is 50.0 Å². The Morgan fingerprint density at radius 2 is 1.89 bits per heavy atom. The van der Waals surface area contributed by atoms with Crippen LogP contribution in [0.15, 0.2) is 19.9 Å². The first-order chi connectivity index (χ1) is 13.2. The molecule has 2 amide bonds. The van der Waals surface area contributed by atoms with Crippen LogP contribution in [0.5, 0.6) is 5.88 Å². The molecule has 3 N–H and O–H groups in total. The molecule has 0 spiro atoms. The van der Waals surface area contributed by atoms with Crippen molar-refractivity contribution < 1.29 is 13.7 Å². The molecule has 0 radical (unpaired) electrons. The molecule has 0 fully saturated rings. The first-order valence-corrected chi connectivity index (χ1v) is 11.5. The minimum absolute atomic E-state index is 0.144. The van der Waals surface area contributed by atoms with E-state index in [1.807, 2.05) is 13.8 Å². The van der Waals surface area contributed by atoms with E-state index in [-0.39, 0.29) is 10.4 Å². The Morgan fingerprint density at radius 3 is 2.46 bits per heavy atom. The number of carbonyl (C=O) groups excluding carboxylic acids is 1. The summed E-state index contributed by atoms with van der Waals surface area (Å²) < 4.78 is 25.2. The van der Waals surface area contributed by atoms with Gasteiger partial charge < -0.3 is 10.1 Å². The lowest BCUT2D eigenvalue weighted by Gasteiger charge is -2.33. The van der Waals surface area contributed by atoms with Crippen molar-refractivity contribution in [3.63, 3.8) is 0 Å². The molecule has 1 aromatic carbocycles. The van der Waals surface area contributed by atoms with Crippen LogP contribution in [-0.2, 0) is 41.1 Å². The Hall–Kier alpha value is -1.91. The molecule has 1 aromatic heterocycles. The molecule has 1 aliphatic heterocycles. The maximum atomic E-state index is 13.0. The highest BCUT2D eigenvalue weighted by Crippen LogP contribution is 2.46. The van der Waals surface area contributed by atoms with E-state index in [0.29, 0.717) is 12.5 Å². The quantitative estimate of drug-likeness (QED) is 0.709. The number of hydrogen-bond donors (Lipinski definition) is 2. The van der Waals surface area contributed by atoms with E-state index in [1.165, 1.54) is 21.8 Å². The van der Waals surface area contributed by atoms with Crippen LogP contribution in [0.3, 0.4) is 0 Å². The van der Waals surface area contributed by atoms with Crippen LogP contribution < -0.4 is 15.2 Å². The molecule has 3 aliphatic rings. The second-order valence-corrected chi connectivity index (χ2v) is 10.6. The van der Waals surface area contributed by atoms with Crippen molar-refractivity contribution in [3.8, 4) is 5.88 Å². The van der Waals surface area contributed by atoms with Crippen LogP contribution >= 0.6 is 15.9 Å². The first kappa shape index (κ1) is 18.1. The highest BCUT2D eigenvalue weighted by Gasteiger charge is 2.37. The lowest BCUT2D eigenvalue weighted by molar-refractivity contribution is 0.259. The number of fused-ring (bicyclic) bond motifs is 3. The van der Waals surface area contributed by atoms with Crippen LogP contribution in [0.1, 0.15) is 36.1 Å². The summed E-state index contributed by atoms with van der Waals surface area (Å²) in [5, 5.41) is 13.0. The third kappa shape index (κ3) is 2.47. The number of nitrogens with one attached hydrogen (secondary N) is 1. The fourth-order valence-electron chi connectivity index (χ4n) is 4.00. The number of aromatic nitrogens is 2. The molecule has 0 saturated carbocycles. The number of rotatable bonds is 2. The predicted molar refractivity (Wildman–Crippen MR) is 108 cm³/mol. The van der Waals surface area contributed by atoms with Crippen LogP contribution in [0.25, 0.3) is 0 Å². The normalized spacial score (nSPS) is 19.9. The smallest absolute Gasteiger partial charge is 0.354 e. The molecule has 5 rings (SSSR count). The predicted octanol–water partition coefficient (Wildman–Crippen LogP) is 2.90. The molecular formula is C18H20BrN5O3S. The number of amides is 2. The number of anilines is 1. The summed E-state index contributed by atoms with van der Waals surface area (Å²) >= 11 is 3.67. The third-order valence-electron chi connectivity index (χ3n) is 5.71. The Balaban J connectivity index is 1.48. The summed E-state index contributed by atoms with van der Waals surface area (Å²) in [7, 11) is -3.48. The number of nitrogens with zero attached hydrogens (tertiary/aromatic N) is 3.